The van der Waals surface area contributed by atoms with Gasteiger partial charge >= 0.3 is 0 Å². The molecular weight excluding hydrogens is 339 g/mol. The van der Waals surface area contributed by atoms with E-state index in [9.17, 15) is 0 Å². The van der Waals surface area contributed by atoms with E-state index in [0.717, 1.165) is 14.9 Å². The summed E-state index contributed by atoms with van der Waals surface area (Å²) in [7, 11) is 0.721. The molecule has 0 bridgehead atoms. The van der Waals surface area contributed by atoms with Gasteiger partial charge in [-0.3, -0.25) is 0 Å². The molecule has 0 saturated heterocycles. The van der Waals surface area contributed by atoms with Crippen molar-refractivity contribution in [3.05, 3.63) is 71.8 Å². The minimum Gasteiger partial charge on any atom is -0.414 e. The van der Waals surface area contributed by atoms with Crippen LogP contribution in [0.25, 0.3) is 0 Å². The summed E-state index contributed by atoms with van der Waals surface area (Å²) in [5.74, 6) is 0. The van der Waals surface area contributed by atoms with E-state index < -0.39 is 0 Å². The van der Waals surface area contributed by atoms with Crippen molar-refractivity contribution >= 4 is 33.1 Å². The second-order valence-corrected chi connectivity index (χ2v) is 5.07. The van der Waals surface area contributed by atoms with Gasteiger partial charge in [0.15, 0.2) is 0 Å². The minimum absolute atomic E-state index is 0.282. The van der Waals surface area contributed by atoms with Gasteiger partial charge in [-0.2, -0.15) is 0 Å². The highest BCUT2D eigenvalue weighted by Crippen LogP contribution is 2.34. The SMILES string of the molecule is [SiH3]OC(CI)(c1ccccc1)c1ccccc1. The first-order chi connectivity index (χ1) is 8.33. The summed E-state index contributed by atoms with van der Waals surface area (Å²) in [6, 6.07) is 20.9. The van der Waals surface area contributed by atoms with Gasteiger partial charge in [-0.1, -0.05) is 83.3 Å². The van der Waals surface area contributed by atoms with Crippen LogP contribution in [0, 0.1) is 0 Å². The summed E-state index contributed by atoms with van der Waals surface area (Å²) in [6.45, 7) is 0. The molecule has 2 aromatic rings. The Morgan fingerprint density at radius 1 is 0.882 bits per heavy atom. The summed E-state index contributed by atoms with van der Waals surface area (Å²) in [6.07, 6.45) is 0. The molecule has 0 atom stereocenters. The first-order valence-corrected chi connectivity index (χ1v) is 7.90. The van der Waals surface area contributed by atoms with Gasteiger partial charge in [0, 0.05) is 4.43 Å². The molecule has 0 spiro atoms. The van der Waals surface area contributed by atoms with Gasteiger partial charge in [0.1, 0.15) is 16.1 Å². The van der Waals surface area contributed by atoms with Gasteiger partial charge in [0.25, 0.3) is 0 Å². The predicted octanol–water partition coefficient (Wildman–Crippen LogP) is 2.66. The van der Waals surface area contributed by atoms with Crippen LogP contribution < -0.4 is 0 Å². The Labute approximate surface area is 119 Å². The zero-order valence-corrected chi connectivity index (χ0v) is 13.9. The van der Waals surface area contributed by atoms with Gasteiger partial charge in [-0.25, -0.2) is 0 Å². The third kappa shape index (κ3) is 2.46. The largest absolute Gasteiger partial charge is 0.414 e. The number of halogens is 1. The predicted molar refractivity (Wildman–Crippen MR) is 83.6 cm³/mol. The number of benzene rings is 2. The van der Waals surface area contributed by atoms with Gasteiger partial charge < -0.3 is 4.43 Å². The van der Waals surface area contributed by atoms with Crippen molar-refractivity contribution < 1.29 is 4.43 Å². The fraction of sp³-hybridized carbons (Fsp3) is 0.143. The maximum atomic E-state index is 5.99. The van der Waals surface area contributed by atoms with E-state index in [2.05, 4.69) is 71.1 Å². The summed E-state index contributed by atoms with van der Waals surface area (Å²) in [5, 5.41) is 0. The van der Waals surface area contributed by atoms with Gasteiger partial charge in [0.2, 0.25) is 0 Å². The topological polar surface area (TPSA) is 9.23 Å². The molecule has 0 aliphatic heterocycles. The van der Waals surface area contributed by atoms with Crippen molar-refractivity contribution in [2.45, 2.75) is 5.60 Å². The van der Waals surface area contributed by atoms with Crippen LogP contribution in [-0.2, 0) is 10.0 Å². The monoisotopic (exact) mass is 354 g/mol. The smallest absolute Gasteiger partial charge is 0.147 e. The molecule has 17 heavy (non-hydrogen) atoms. The summed E-state index contributed by atoms with van der Waals surface area (Å²) < 4.78 is 6.91. The Bertz CT molecular complexity index is 413. The van der Waals surface area contributed by atoms with Crippen molar-refractivity contribution in [2.75, 3.05) is 4.43 Å². The highest BCUT2D eigenvalue weighted by Gasteiger charge is 2.31. The lowest BCUT2D eigenvalue weighted by Gasteiger charge is -2.32. The number of hydrogen-bond acceptors (Lipinski definition) is 1. The van der Waals surface area contributed by atoms with E-state index in [1.807, 2.05) is 12.1 Å². The highest BCUT2D eigenvalue weighted by atomic mass is 127. The second-order valence-electron chi connectivity index (χ2n) is 3.90. The molecule has 0 aliphatic carbocycles. The third-order valence-corrected chi connectivity index (χ3v) is 4.79. The van der Waals surface area contributed by atoms with Crippen LogP contribution in [0.3, 0.4) is 0 Å². The Morgan fingerprint density at radius 3 is 1.59 bits per heavy atom. The molecule has 0 heterocycles. The van der Waals surface area contributed by atoms with Crippen LogP contribution in [0.15, 0.2) is 60.7 Å². The van der Waals surface area contributed by atoms with Crippen LogP contribution in [0.1, 0.15) is 11.1 Å². The van der Waals surface area contributed by atoms with E-state index in [-0.39, 0.29) is 5.60 Å². The normalized spacial score (nSPS) is 11.6. The Balaban J connectivity index is 2.54. The maximum Gasteiger partial charge on any atom is 0.147 e. The quantitative estimate of drug-likeness (QED) is 0.466. The highest BCUT2D eigenvalue weighted by molar-refractivity contribution is 14.1. The van der Waals surface area contributed by atoms with Crippen molar-refractivity contribution in [2.24, 2.45) is 0 Å². The van der Waals surface area contributed by atoms with Crippen molar-refractivity contribution in [3.63, 3.8) is 0 Å². The fourth-order valence-electron chi connectivity index (χ4n) is 2.03. The minimum atomic E-state index is -0.282. The molecule has 2 rings (SSSR count). The molecule has 0 N–H and O–H groups in total. The van der Waals surface area contributed by atoms with E-state index in [1.165, 1.54) is 11.1 Å². The molecule has 88 valence electrons. The fourth-order valence-corrected chi connectivity index (χ4v) is 4.42. The Hall–Kier alpha value is -0.653. The van der Waals surface area contributed by atoms with Crippen molar-refractivity contribution in [3.8, 4) is 0 Å². The zero-order valence-electron chi connectivity index (χ0n) is 9.77. The molecule has 1 nitrogen and oxygen atoms in total. The zero-order chi connectivity index (χ0) is 12.1. The molecule has 0 amide bonds. The van der Waals surface area contributed by atoms with Gasteiger partial charge in [-0.05, 0) is 11.1 Å². The molecule has 0 fully saturated rings. The number of hydrogen-bond donors (Lipinski definition) is 0. The van der Waals surface area contributed by atoms with Crippen LogP contribution in [-0.4, -0.2) is 14.9 Å². The molecule has 0 saturated carbocycles. The molecule has 0 aliphatic rings. The van der Waals surface area contributed by atoms with E-state index in [1.54, 1.807) is 0 Å². The van der Waals surface area contributed by atoms with Crippen molar-refractivity contribution in [1.82, 2.24) is 0 Å². The number of alkyl halides is 1. The second kappa shape index (κ2) is 5.80. The van der Waals surface area contributed by atoms with Crippen LogP contribution in [0.4, 0.5) is 0 Å². The van der Waals surface area contributed by atoms with Crippen LogP contribution in [0.2, 0.25) is 0 Å². The molecular formula is C14H15IOSi. The van der Waals surface area contributed by atoms with E-state index in [0.29, 0.717) is 0 Å². The average Bonchev–Trinajstić information content (AvgIpc) is 2.43. The van der Waals surface area contributed by atoms with Gasteiger partial charge in [-0.15, -0.1) is 0 Å². The molecule has 0 aromatic heterocycles. The summed E-state index contributed by atoms with van der Waals surface area (Å²) in [4.78, 5) is 0. The molecule has 0 radical (unpaired) electrons. The summed E-state index contributed by atoms with van der Waals surface area (Å²) >= 11 is 2.41. The maximum absolute atomic E-state index is 5.99. The van der Waals surface area contributed by atoms with Crippen LogP contribution >= 0.6 is 22.6 Å². The molecule has 0 unspecified atom stereocenters. The molecule has 3 heteroatoms. The number of rotatable bonds is 4. The van der Waals surface area contributed by atoms with E-state index in [4.69, 9.17) is 4.43 Å². The van der Waals surface area contributed by atoms with Gasteiger partial charge in [0.05, 0.1) is 0 Å². The Morgan fingerprint density at radius 2 is 1.29 bits per heavy atom. The lowest BCUT2D eigenvalue weighted by atomic mass is 9.88. The third-order valence-electron chi connectivity index (χ3n) is 3.02. The first-order valence-electron chi connectivity index (χ1n) is 5.55. The Kier molecular flexibility index (Phi) is 4.36. The van der Waals surface area contributed by atoms with E-state index >= 15 is 0 Å². The first kappa shape index (κ1) is 12.8. The lowest BCUT2D eigenvalue weighted by molar-refractivity contribution is 0.158. The average molecular weight is 354 g/mol. The standard InChI is InChI=1S/C14H15IOSi/c15-11-14(16-17,12-7-3-1-4-8-12)13-9-5-2-6-10-13/h1-10H,11H2,17H3. The summed E-state index contributed by atoms with van der Waals surface area (Å²) in [5.41, 5.74) is 2.18. The van der Waals surface area contributed by atoms with Crippen LogP contribution in [0.5, 0.6) is 0 Å². The van der Waals surface area contributed by atoms with Crippen molar-refractivity contribution in [1.29, 1.82) is 0 Å². The molecule has 2 aromatic carbocycles. The lowest BCUT2D eigenvalue weighted by Crippen LogP contribution is -2.32.